The number of benzene rings is 1. The first kappa shape index (κ1) is 23.3. The molecule has 0 spiro atoms. The van der Waals surface area contributed by atoms with Gasteiger partial charge in [-0.3, -0.25) is 14.4 Å². The van der Waals surface area contributed by atoms with Crippen LogP contribution in [0.4, 0.5) is 0 Å². The zero-order valence-corrected chi connectivity index (χ0v) is 19.4. The average Bonchev–Trinajstić information content (AvgIpc) is 2.72. The summed E-state index contributed by atoms with van der Waals surface area (Å²) in [5.41, 5.74) is 1.13. The lowest BCUT2D eigenvalue weighted by atomic mass is 9.70. The predicted molar refractivity (Wildman–Crippen MR) is 122 cm³/mol. The van der Waals surface area contributed by atoms with E-state index in [4.69, 9.17) is 11.6 Å². The molecule has 2 heterocycles. The number of amides is 3. The van der Waals surface area contributed by atoms with Crippen molar-refractivity contribution in [1.82, 2.24) is 15.5 Å². The molecule has 0 radical (unpaired) electrons. The summed E-state index contributed by atoms with van der Waals surface area (Å²) in [6.45, 7) is 9.76. The zero-order chi connectivity index (χ0) is 22.8. The number of carbonyl (C=O) groups is 3. The second kappa shape index (κ2) is 9.43. The van der Waals surface area contributed by atoms with Gasteiger partial charge >= 0.3 is 0 Å². The first-order chi connectivity index (χ1) is 14.6. The van der Waals surface area contributed by atoms with Crippen molar-refractivity contribution in [3.63, 3.8) is 0 Å². The Bertz CT molecular complexity index is 863. The van der Waals surface area contributed by atoms with Gasteiger partial charge in [0.05, 0.1) is 5.92 Å². The van der Waals surface area contributed by atoms with Gasteiger partial charge in [-0.2, -0.15) is 0 Å². The maximum atomic E-state index is 13.4. The maximum Gasteiger partial charge on any atom is 0.245 e. The summed E-state index contributed by atoms with van der Waals surface area (Å²) in [5.74, 6) is -0.661. The molecule has 1 fully saturated rings. The van der Waals surface area contributed by atoms with E-state index >= 15 is 0 Å². The quantitative estimate of drug-likeness (QED) is 0.730. The van der Waals surface area contributed by atoms with E-state index in [0.717, 1.165) is 11.4 Å². The lowest BCUT2D eigenvalue weighted by Crippen LogP contribution is -2.57. The van der Waals surface area contributed by atoms with Crippen LogP contribution in [0.1, 0.15) is 45.6 Å². The molecule has 31 heavy (non-hydrogen) atoms. The second-order valence-electron chi connectivity index (χ2n) is 9.58. The van der Waals surface area contributed by atoms with Gasteiger partial charge in [0.25, 0.3) is 0 Å². The molecule has 1 unspecified atom stereocenters. The van der Waals surface area contributed by atoms with Gasteiger partial charge in [-0.1, -0.05) is 57.5 Å². The monoisotopic (exact) mass is 445 g/mol. The highest BCUT2D eigenvalue weighted by Crippen LogP contribution is 2.42. The van der Waals surface area contributed by atoms with Crippen molar-refractivity contribution in [2.75, 3.05) is 19.6 Å². The van der Waals surface area contributed by atoms with Gasteiger partial charge in [-0.25, -0.2) is 0 Å². The highest BCUT2D eigenvalue weighted by molar-refractivity contribution is 6.30. The molecule has 2 aliphatic heterocycles. The van der Waals surface area contributed by atoms with Crippen molar-refractivity contribution in [1.29, 1.82) is 0 Å². The van der Waals surface area contributed by atoms with E-state index in [0.29, 0.717) is 19.0 Å². The molecule has 3 atom stereocenters. The van der Waals surface area contributed by atoms with Crippen molar-refractivity contribution >= 4 is 29.3 Å². The predicted octanol–water partition coefficient (Wildman–Crippen LogP) is 3.13. The zero-order valence-electron chi connectivity index (χ0n) is 18.7. The van der Waals surface area contributed by atoms with Crippen LogP contribution in [0.25, 0.3) is 0 Å². The Labute approximate surface area is 189 Å². The van der Waals surface area contributed by atoms with Gasteiger partial charge in [-0.05, 0) is 47.4 Å². The van der Waals surface area contributed by atoms with E-state index in [1.165, 1.54) is 11.6 Å². The largest absolute Gasteiger partial charge is 0.351 e. The number of hydrogen-bond acceptors (Lipinski definition) is 3. The first-order valence-corrected chi connectivity index (χ1v) is 11.3. The Morgan fingerprint density at radius 1 is 1.23 bits per heavy atom. The molecular weight excluding hydrogens is 414 g/mol. The van der Waals surface area contributed by atoms with E-state index < -0.39 is 12.0 Å². The number of nitrogens with one attached hydrogen (secondary N) is 2. The lowest BCUT2D eigenvalue weighted by Gasteiger charge is -2.46. The molecule has 3 amide bonds. The van der Waals surface area contributed by atoms with E-state index in [1.54, 1.807) is 6.08 Å². The highest BCUT2D eigenvalue weighted by Gasteiger charge is 2.40. The molecule has 1 aromatic rings. The Hall–Kier alpha value is -2.34. The maximum absolute atomic E-state index is 13.4. The molecule has 168 valence electrons. The molecule has 0 aliphatic carbocycles. The molecule has 0 bridgehead atoms. The van der Waals surface area contributed by atoms with Crippen LogP contribution in [0.15, 0.2) is 36.4 Å². The van der Waals surface area contributed by atoms with E-state index in [-0.39, 0.29) is 35.6 Å². The topological polar surface area (TPSA) is 78.5 Å². The summed E-state index contributed by atoms with van der Waals surface area (Å²) in [5, 5.41) is 6.30. The molecule has 3 rings (SSSR count). The SMILES string of the molecule is CC(C)[C@@H](NC(=O)C1C=CC(=O)NC1)C(=O)N1CC[C@H](c2ccc(Cl)cc2)C(C)(C)C1. The summed E-state index contributed by atoms with van der Waals surface area (Å²) in [6, 6.07) is 7.37. The van der Waals surface area contributed by atoms with Crippen LogP contribution in [0.3, 0.4) is 0 Å². The standard InChI is InChI=1S/C24H32ClN3O3/c1-15(2)21(27-22(30)17-7-10-20(29)26-13-17)23(31)28-12-11-19(24(3,4)14-28)16-5-8-18(25)9-6-16/h5-10,15,17,19,21H,11-14H2,1-4H3,(H,26,29)(H,27,30)/t17?,19-,21-/m1/s1. The minimum atomic E-state index is -0.596. The summed E-state index contributed by atoms with van der Waals surface area (Å²) < 4.78 is 0. The third-order valence-electron chi connectivity index (χ3n) is 6.36. The summed E-state index contributed by atoms with van der Waals surface area (Å²) in [4.78, 5) is 39.3. The van der Waals surface area contributed by atoms with Crippen LogP contribution < -0.4 is 10.6 Å². The number of nitrogens with zero attached hydrogens (tertiary/aromatic N) is 1. The fourth-order valence-electron chi connectivity index (χ4n) is 4.55. The van der Waals surface area contributed by atoms with Gasteiger partial charge in [-0.15, -0.1) is 0 Å². The molecule has 6 nitrogen and oxygen atoms in total. The number of piperidine rings is 1. The molecular formula is C24H32ClN3O3. The van der Waals surface area contributed by atoms with Crippen LogP contribution in [0.2, 0.25) is 5.02 Å². The van der Waals surface area contributed by atoms with E-state index in [9.17, 15) is 14.4 Å². The van der Waals surface area contributed by atoms with Crippen LogP contribution in [0.5, 0.6) is 0 Å². The van der Waals surface area contributed by atoms with Gasteiger partial charge in [0, 0.05) is 24.7 Å². The normalized spacial score (nSPS) is 23.9. The molecule has 1 saturated heterocycles. The van der Waals surface area contributed by atoms with Gasteiger partial charge < -0.3 is 15.5 Å². The highest BCUT2D eigenvalue weighted by atomic mass is 35.5. The fraction of sp³-hybridized carbons (Fsp3) is 0.542. The average molecular weight is 446 g/mol. The van der Waals surface area contributed by atoms with Crippen molar-refractivity contribution in [2.24, 2.45) is 17.3 Å². The second-order valence-corrected chi connectivity index (χ2v) is 10.0. The smallest absolute Gasteiger partial charge is 0.245 e. The van der Waals surface area contributed by atoms with Crippen LogP contribution in [0, 0.1) is 17.3 Å². The summed E-state index contributed by atoms with van der Waals surface area (Å²) in [7, 11) is 0. The van der Waals surface area contributed by atoms with Crippen molar-refractivity contribution < 1.29 is 14.4 Å². The number of carbonyl (C=O) groups excluding carboxylic acids is 3. The minimum absolute atomic E-state index is 0.0456. The van der Waals surface area contributed by atoms with Crippen molar-refractivity contribution in [3.8, 4) is 0 Å². The van der Waals surface area contributed by atoms with Crippen molar-refractivity contribution in [3.05, 3.63) is 47.0 Å². The van der Waals surface area contributed by atoms with Gasteiger partial charge in [0.1, 0.15) is 6.04 Å². The Morgan fingerprint density at radius 2 is 1.90 bits per heavy atom. The molecule has 2 N–H and O–H groups in total. The lowest BCUT2D eigenvalue weighted by molar-refractivity contribution is -0.141. The minimum Gasteiger partial charge on any atom is -0.351 e. The first-order valence-electron chi connectivity index (χ1n) is 10.9. The number of hydrogen-bond donors (Lipinski definition) is 2. The number of rotatable bonds is 5. The number of likely N-dealkylation sites (tertiary alicyclic amines) is 1. The van der Waals surface area contributed by atoms with Crippen LogP contribution in [-0.4, -0.2) is 48.3 Å². The number of halogens is 1. The van der Waals surface area contributed by atoms with Crippen LogP contribution >= 0.6 is 11.6 Å². The Morgan fingerprint density at radius 3 is 2.45 bits per heavy atom. The third kappa shape index (κ3) is 5.48. The van der Waals surface area contributed by atoms with Crippen LogP contribution in [-0.2, 0) is 14.4 Å². The van der Waals surface area contributed by atoms with Gasteiger partial charge in [0.2, 0.25) is 17.7 Å². The Kier molecular flexibility index (Phi) is 7.10. The molecule has 1 aromatic carbocycles. The fourth-order valence-corrected chi connectivity index (χ4v) is 4.68. The van der Waals surface area contributed by atoms with Crippen molar-refractivity contribution in [2.45, 2.75) is 46.1 Å². The molecule has 7 heteroatoms. The summed E-state index contributed by atoms with van der Waals surface area (Å²) >= 11 is 6.04. The summed E-state index contributed by atoms with van der Waals surface area (Å²) in [6.07, 6.45) is 3.82. The Balaban J connectivity index is 1.68. The van der Waals surface area contributed by atoms with Gasteiger partial charge in [0.15, 0.2) is 0 Å². The third-order valence-corrected chi connectivity index (χ3v) is 6.61. The van der Waals surface area contributed by atoms with E-state index in [2.05, 4.69) is 36.6 Å². The molecule has 0 aromatic heterocycles. The van der Waals surface area contributed by atoms with E-state index in [1.807, 2.05) is 30.9 Å². The molecule has 2 aliphatic rings. The molecule has 0 saturated carbocycles.